The van der Waals surface area contributed by atoms with E-state index in [1.54, 1.807) is 0 Å². The fraction of sp³-hybridized carbons (Fsp3) is 0.357. The highest BCUT2D eigenvalue weighted by Gasteiger charge is 2.20. The summed E-state index contributed by atoms with van der Waals surface area (Å²) in [6.07, 6.45) is -2.68. The first kappa shape index (κ1) is 15.6. The highest BCUT2D eigenvalue weighted by molar-refractivity contribution is 6.38. The van der Waals surface area contributed by atoms with Crippen LogP contribution < -0.4 is 14.8 Å². The number of hydrogen-bond acceptors (Lipinski definition) is 4. The summed E-state index contributed by atoms with van der Waals surface area (Å²) in [6.45, 7) is 2.41. The summed E-state index contributed by atoms with van der Waals surface area (Å²) in [5.41, 5.74) is 0.412. The third-order valence-corrected chi connectivity index (χ3v) is 3.38. The Bertz CT molecular complexity index is 665. The van der Waals surface area contributed by atoms with Crippen LogP contribution in [0.3, 0.4) is 0 Å². The molecule has 0 spiro atoms. The van der Waals surface area contributed by atoms with E-state index in [2.05, 4.69) is 10.3 Å². The molecular formula is C14H15ClF2N2O2. The highest BCUT2D eigenvalue weighted by Crippen LogP contribution is 2.42. The monoisotopic (exact) mass is 316 g/mol. The van der Waals surface area contributed by atoms with Crippen molar-refractivity contribution in [1.29, 1.82) is 0 Å². The van der Waals surface area contributed by atoms with Crippen molar-refractivity contribution < 1.29 is 18.3 Å². The lowest BCUT2D eigenvalue weighted by Gasteiger charge is -2.16. The molecule has 0 unspecified atom stereocenters. The van der Waals surface area contributed by atoms with Gasteiger partial charge in [-0.3, -0.25) is 0 Å². The SMILES string of the molecule is CCNc1cc(C(F)F)nc2c(OC)cc(OC)c(Cl)c12. The molecule has 1 aromatic heterocycles. The number of anilines is 1. The molecule has 2 rings (SSSR count). The number of hydrogen-bond donors (Lipinski definition) is 1. The number of aromatic nitrogens is 1. The van der Waals surface area contributed by atoms with E-state index in [-0.39, 0.29) is 11.2 Å². The van der Waals surface area contributed by atoms with Gasteiger partial charge in [0.1, 0.15) is 22.7 Å². The molecule has 0 radical (unpaired) electrons. The molecule has 2 aromatic rings. The minimum absolute atomic E-state index is 0.275. The van der Waals surface area contributed by atoms with Crippen molar-refractivity contribution in [2.45, 2.75) is 13.3 Å². The summed E-state index contributed by atoms with van der Waals surface area (Å²) in [7, 11) is 2.91. The number of nitrogens with one attached hydrogen (secondary N) is 1. The van der Waals surface area contributed by atoms with Gasteiger partial charge in [-0.05, 0) is 13.0 Å². The zero-order valence-electron chi connectivity index (χ0n) is 11.8. The Balaban J connectivity index is 2.88. The summed E-state index contributed by atoms with van der Waals surface area (Å²) >= 11 is 6.30. The van der Waals surface area contributed by atoms with Crippen LogP contribution in [-0.2, 0) is 0 Å². The van der Waals surface area contributed by atoms with Crippen LogP contribution in [0.2, 0.25) is 5.02 Å². The van der Waals surface area contributed by atoms with Crippen LogP contribution in [-0.4, -0.2) is 25.7 Å². The van der Waals surface area contributed by atoms with Gasteiger partial charge in [0.05, 0.1) is 19.2 Å². The van der Waals surface area contributed by atoms with E-state index in [1.807, 2.05) is 6.92 Å². The molecule has 0 fully saturated rings. The average Bonchev–Trinajstić information content (AvgIpc) is 2.47. The van der Waals surface area contributed by atoms with Crippen LogP contribution in [0.5, 0.6) is 11.5 Å². The molecule has 21 heavy (non-hydrogen) atoms. The van der Waals surface area contributed by atoms with Crippen molar-refractivity contribution in [1.82, 2.24) is 4.98 Å². The summed E-state index contributed by atoms with van der Waals surface area (Å²) in [4.78, 5) is 3.97. The zero-order chi connectivity index (χ0) is 15.6. The van der Waals surface area contributed by atoms with Crippen LogP contribution in [0.25, 0.3) is 10.9 Å². The third kappa shape index (κ3) is 2.81. The van der Waals surface area contributed by atoms with Gasteiger partial charge in [0.25, 0.3) is 6.43 Å². The Morgan fingerprint density at radius 1 is 1.24 bits per heavy atom. The Kier molecular flexibility index (Phi) is 4.67. The first-order chi connectivity index (χ1) is 10.0. The van der Waals surface area contributed by atoms with E-state index in [9.17, 15) is 8.78 Å². The predicted molar refractivity (Wildman–Crippen MR) is 79.0 cm³/mol. The average molecular weight is 317 g/mol. The first-order valence-corrected chi connectivity index (χ1v) is 6.68. The molecule has 0 saturated heterocycles. The predicted octanol–water partition coefficient (Wildman–Crippen LogP) is 4.27. The van der Waals surface area contributed by atoms with Crippen LogP contribution in [0, 0.1) is 0 Å². The summed E-state index contributed by atoms with van der Waals surface area (Å²) in [5.74, 6) is 0.722. The van der Waals surface area contributed by atoms with Crippen LogP contribution >= 0.6 is 11.6 Å². The smallest absolute Gasteiger partial charge is 0.280 e. The Labute approximate surface area is 126 Å². The normalized spacial score (nSPS) is 11.0. The molecule has 0 atom stereocenters. The number of pyridine rings is 1. The van der Waals surface area contributed by atoms with E-state index in [1.165, 1.54) is 26.4 Å². The van der Waals surface area contributed by atoms with Crippen molar-refractivity contribution in [3.8, 4) is 11.5 Å². The summed E-state index contributed by atoms with van der Waals surface area (Å²) in [6, 6.07) is 2.82. The Hall–Kier alpha value is -1.82. The second-order valence-corrected chi connectivity index (χ2v) is 4.62. The molecule has 114 valence electrons. The second-order valence-electron chi connectivity index (χ2n) is 4.24. The number of nitrogens with zero attached hydrogens (tertiary/aromatic N) is 1. The molecule has 0 aliphatic rings. The fourth-order valence-electron chi connectivity index (χ4n) is 2.09. The van der Waals surface area contributed by atoms with Gasteiger partial charge in [-0.25, -0.2) is 13.8 Å². The zero-order valence-corrected chi connectivity index (χ0v) is 12.6. The number of alkyl halides is 2. The molecule has 0 saturated carbocycles. The number of rotatable bonds is 5. The largest absolute Gasteiger partial charge is 0.495 e. The topological polar surface area (TPSA) is 43.4 Å². The van der Waals surface area contributed by atoms with E-state index >= 15 is 0 Å². The van der Waals surface area contributed by atoms with Gasteiger partial charge < -0.3 is 14.8 Å². The van der Waals surface area contributed by atoms with Crippen molar-refractivity contribution in [3.63, 3.8) is 0 Å². The van der Waals surface area contributed by atoms with Crippen LogP contribution in [0.4, 0.5) is 14.5 Å². The molecule has 7 heteroatoms. The van der Waals surface area contributed by atoms with Gasteiger partial charge in [-0.15, -0.1) is 0 Å². The minimum Gasteiger partial charge on any atom is -0.495 e. The standard InChI is InChI=1S/C14H15ClF2N2O2/c1-4-18-7-5-8(14(16)17)19-13-10(21-3)6-9(20-2)12(15)11(7)13/h5-6,14H,4H2,1-3H3,(H,18,19). The molecule has 0 bridgehead atoms. The summed E-state index contributed by atoms with van der Waals surface area (Å²) < 4.78 is 36.4. The molecule has 1 aromatic carbocycles. The van der Waals surface area contributed by atoms with Crippen molar-refractivity contribution in [3.05, 3.63) is 22.8 Å². The Morgan fingerprint density at radius 3 is 2.43 bits per heavy atom. The molecule has 1 heterocycles. The maximum Gasteiger partial charge on any atom is 0.280 e. The molecule has 4 nitrogen and oxygen atoms in total. The van der Waals surface area contributed by atoms with E-state index in [0.29, 0.717) is 34.1 Å². The maximum absolute atomic E-state index is 13.0. The van der Waals surface area contributed by atoms with Crippen molar-refractivity contribution in [2.75, 3.05) is 26.1 Å². The van der Waals surface area contributed by atoms with Gasteiger partial charge in [-0.1, -0.05) is 11.6 Å². The number of ether oxygens (including phenoxy) is 2. The van der Waals surface area contributed by atoms with Gasteiger partial charge in [0.15, 0.2) is 0 Å². The van der Waals surface area contributed by atoms with Gasteiger partial charge in [0, 0.05) is 23.7 Å². The molecule has 1 N–H and O–H groups in total. The molecule has 0 aliphatic heterocycles. The van der Waals surface area contributed by atoms with E-state index in [4.69, 9.17) is 21.1 Å². The van der Waals surface area contributed by atoms with Gasteiger partial charge >= 0.3 is 0 Å². The third-order valence-electron chi connectivity index (χ3n) is 3.00. The van der Waals surface area contributed by atoms with Gasteiger partial charge in [-0.2, -0.15) is 0 Å². The fourth-order valence-corrected chi connectivity index (χ4v) is 2.41. The minimum atomic E-state index is -2.68. The van der Waals surface area contributed by atoms with E-state index < -0.39 is 6.43 Å². The maximum atomic E-state index is 13.0. The first-order valence-electron chi connectivity index (χ1n) is 6.30. The van der Waals surface area contributed by atoms with Gasteiger partial charge in [0.2, 0.25) is 0 Å². The summed E-state index contributed by atoms with van der Waals surface area (Å²) in [5, 5.41) is 3.82. The molecular weight excluding hydrogens is 302 g/mol. The quantitative estimate of drug-likeness (QED) is 0.894. The lowest BCUT2D eigenvalue weighted by molar-refractivity contribution is 0.146. The number of methoxy groups -OCH3 is 2. The Morgan fingerprint density at radius 2 is 1.90 bits per heavy atom. The van der Waals surface area contributed by atoms with E-state index in [0.717, 1.165) is 0 Å². The highest BCUT2D eigenvalue weighted by atomic mass is 35.5. The van der Waals surface area contributed by atoms with Crippen molar-refractivity contribution in [2.24, 2.45) is 0 Å². The molecule has 0 aliphatic carbocycles. The number of fused-ring (bicyclic) bond motifs is 1. The lowest BCUT2D eigenvalue weighted by atomic mass is 10.1. The number of halogens is 3. The second kappa shape index (κ2) is 6.30. The number of benzene rings is 1. The lowest BCUT2D eigenvalue weighted by Crippen LogP contribution is -2.03. The molecule has 0 amide bonds. The van der Waals surface area contributed by atoms with Crippen molar-refractivity contribution >= 4 is 28.2 Å². The van der Waals surface area contributed by atoms with Crippen LogP contribution in [0.15, 0.2) is 12.1 Å². The van der Waals surface area contributed by atoms with Crippen LogP contribution in [0.1, 0.15) is 19.0 Å².